The third-order valence-corrected chi connectivity index (χ3v) is 2.81. The Hall–Kier alpha value is -0.690. The minimum atomic E-state index is 0.828. The molecule has 0 amide bonds. The molecule has 0 atom stereocenters. The topological polar surface area (TPSA) is 9.23 Å². The normalized spacial score (nSPS) is 14.9. The summed E-state index contributed by atoms with van der Waals surface area (Å²) in [6.45, 7) is 2.95. The zero-order valence-corrected chi connectivity index (χ0v) is 8.53. The van der Waals surface area contributed by atoms with Gasteiger partial charge in [0.25, 0.3) is 0 Å². The summed E-state index contributed by atoms with van der Waals surface area (Å²) in [4.78, 5) is 0. The number of hydrogen-bond acceptors (Lipinski definition) is 1. The first kappa shape index (κ1) is 8.89. The summed E-state index contributed by atoms with van der Waals surface area (Å²) >= 11 is 6.08. The van der Waals surface area contributed by atoms with E-state index in [1.807, 2.05) is 6.07 Å². The predicted octanol–water partition coefficient (Wildman–Crippen LogP) is 3.23. The molecule has 0 bridgehead atoms. The molecule has 1 nitrogen and oxygen atoms in total. The van der Waals surface area contributed by atoms with E-state index in [0.717, 1.165) is 36.6 Å². The fraction of sp³-hybridized carbons (Fsp3) is 0.455. The summed E-state index contributed by atoms with van der Waals surface area (Å²) in [5.41, 5.74) is 2.54. The van der Waals surface area contributed by atoms with E-state index in [1.54, 1.807) is 0 Å². The second-order valence-corrected chi connectivity index (χ2v) is 3.76. The summed E-state index contributed by atoms with van der Waals surface area (Å²) in [5.74, 6) is 0.980. The quantitative estimate of drug-likeness (QED) is 0.670. The molecule has 0 saturated carbocycles. The Kier molecular flexibility index (Phi) is 2.45. The number of halogens is 1. The van der Waals surface area contributed by atoms with Crippen molar-refractivity contribution >= 4 is 11.6 Å². The first-order valence-electron chi connectivity index (χ1n) is 4.75. The van der Waals surface area contributed by atoms with E-state index < -0.39 is 0 Å². The molecule has 1 aliphatic heterocycles. The highest BCUT2D eigenvalue weighted by Gasteiger charge is 2.12. The maximum Gasteiger partial charge on any atom is 0.123 e. The molecule has 1 aliphatic rings. The van der Waals surface area contributed by atoms with Crippen molar-refractivity contribution in [2.75, 3.05) is 6.61 Å². The van der Waals surface area contributed by atoms with Crippen LogP contribution in [0, 0.1) is 0 Å². The third kappa shape index (κ3) is 1.66. The molecule has 0 aromatic heterocycles. The maximum atomic E-state index is 6.08. The highest BCUT2D eigenvalue weighted by Crippen LogP contribution is 2.30. The second-order valence-electron chi connectivity index (χ2n) is 3.36. The lowest BCUT2D eigenvalue weighted by Crippen LogP contribution is -2.08. The Labute approximate surface area is 83.7 Å². The first-order chi connectivity index (χ1) is 6.31. The Bertz CT molecular complexity index is 320. The molecule has 13 heavy (non-hydrogen) atoms. The van der Waals surface area contributed by atoms with E-state index in [1.165, 1.54) is 11.1 Å². The van der Waals surface area contributed by atoms with Crippen molar-refractivity contribution in [3.63, 3.8) is 0 Å². The minimum Gasteiger partial charge on any atom is -0.493 e. The molecule has 0 saturated heterocycles. The molecule has 0 aliphatic carbocycles. The van der Waals surface area contributed by atoms with Crippen molar-refractivity contribution in [3.05, 3.63) is 28.3 Å². The molecule has 70 valence electrons. The van der Waals surface area contributed by atoms with Gasteiger partial charge < -0.3 is 4.74 Å². The summed E-state index contributed by atoms with van der Waals surface area (Å²) in [6.07, 6.45) is 3.24. The van der Waals surface area contributed by atoms with Crippen LogP contribution in [0.1, 0.15) is 24.5 Å². The number of fused-ring (bicyclic) bond motifs is 1. The fourth-order valence-corrected chi connectivity index (χ4v) is 1.98. The Morgan fingerprint density at radius 1 is 1.46 bits per heavy atom. The molecule has 1 aromatic rings. The number of ether oxygens (including phenoxy) is 1. The van der Waals surface area contributed by atoms with Crippen molar-refractivity contribution in [1.82, 2.24) is 0 Å². The molecule has 1 heterocycles. The van der Waals surface area contributed by atoms with E-state index in [0.29, 0.717) is 0 Å². The lowest BCUT2D eigenvalue weighted by molar-refractivity contribution is 0.288. The van der Waals surface area contributed by atoms with Crippen molar-refractivity contribution in [2.45, 2.75) is 26.2 Å². The third-order valence-electron chi connectivity index (χ3n) is 2.46. The van der Waals surface area contributed by atoms with Gasteiger partial charge in [0.2, 0.25) is 0 Å². The highest BCUT2D eigenvalue weighted by atomic mass is 35.5. The van der Waals surface area contributed by atoms with Crippen LogP contribution in [0.15, 0.2) is 12.1 Å². The van der Waals surface area contributed by atoms with Gasteiger partial charge in [-0.2, -0.15) is 0 Å². The molecule has 1 aromatic carbocycles. The molecule has 0 fully saturated rings. The molecule has 0 N–H and O–H groups in total. The summed E-state index contributed by atoms with van der Waals surface area (Å²) in [7, 11) is 0. The number of aryl methyl sites for hydroxylation is 2. The molecule has 2 heteroatoms. The van der Waals surface area contributed by atoms with Gasteiger partial charge >= 0.3 is 0 Å². The average molecular weight is 197 g/mol. The average Bonchev–Trinajstić information content (AvgIpc) is 2.17. The molecular weight excluding hydrogens is 184 g/mol. The van der Waals surface area contributed by atoms with Crippen molar-refractivity contribution in [1.29, 1.82) is 0 Å². The van der Waals surface area contributed by atoms with Crippen LogP contribution in [0.3, 0.4) is 0 Å². The van der Waals surface area contributed by atoms with Crippen LogP contribution in [0.2, 0.25) is 5.02 Å². The van der Waals surface area contributed by atoms with Gasteiger partial charge in [0.1, 0.15) is 5.75 Å². The highest BCUT2D eigenvalue weighted by molar-refractivity contribution is 6.31. The molecular formula is C11H13ClO. The Morgan fingerprint density at radius 2 is 2.31 bits per heavy atom. The van der Waals surface area contributed by atoms with E-state index in [2.05, 4.69) is 13.0 Å². The van der Waals surface area contributed by atoms with Crippen LogP contribution in [0.5, 0.6) is 5.75 Å². The Morgan fingerprint density at radius 3 is 3.08 bits per heavy atom. The smallest absolute Gasteiger partial charge is 0.123 e. The molecule has 0 unspecified atom stereocenters. The van der Waals surface area contributed by atoms with Gasteiger partial charge in [-0.15, -0.1) is 0 Å². The summed E-state index contributed by atoms with van der Waals surface area (Å²) in [5, 5.41) is 0.836. The van der Waals surface area contributed by atoms with Gasteiger partial charge in [-0.1, -0.05) is 24.6 Å². The number of hydrogen-bond donors (Lipinski definition) is 0. The molecule has 0 radical (unpaired) electrons. The van der Waals surface area contributed by atoms with E-state index >= 15 is 0 Å². The lowest BCUT2D eigenvalue weighted by Gasteiger charge is -2.18. The zero-order chi connectivity index (χ0) is 9.26. The zero-order valence-electron chi connectivity index (χ0n) is 7.77. The molecule has 2 rings (SSSR count). The maximum absolute atomic E-state index is 6.08. The van der Waals surface area contributed by atoms with Gasteiger partial charge in [0.05, 0.1) is 6.61 Å². The molecule has 0 spiro atoms. The SMILES string of the molecule is CCc1cc2c(cc1Cl)OCCC2. The lowest BCUT2D eigenvalue weighted by atomic mass is 10.0. The monoisotopic (exact) mass is 196 g/mol. The van der Waals surface area contributed by atoms with E-state index in [4.69, 9.17) is 16.3 Å². The predicted molar refractivity (Wildman–Crippen MR) is 54.6 cm³/mol. The number of benzene rings is 1. The van der Waals surface area contributed by atoms with Crippen molar-refractivity contribution < 1.29 is 4.74 Å². The van der Waals surface area contributed by atoms with Gasteiger partial charge in [-0.3, -0.25) is 0 Å². The van der Waals surface area contributed by atoms with Crippen LogP contribution in [-0.2, 0) is 12.8 Å². The van der Waals surface area contributed by atoms with Crippen molar-refractivity contribution in [2.24, 2.45) is 0 Å². The van der Waals surface area contributed by atoms with Gasteiger partial charge in [-0.25, -0.2) is 0 Å². The van der Waals surface area contributed by atoms with Crippen LogP contribution in [0.4, 0.5) is 0 Å². The van der Waals surface area contributed by atoms with E-state index in [9.17, 15) is 0 Å². The van der Waals surface area contributed by atoms with Crippen LogP contribution >= 0.6 is 11.6 Å². The van der Waals surface area contributed by atoms with Gasteiger partial charge in [0, 0.05) is 5.02 Å². The van der Waals surface area contributed by atoms with Crippen LogP contribution in [-0.4, -0.2) is 6.61 Å². The largest absolute Gasteiger partial charge is 0.493 e. The van der Waals surface area contributed by atoms with Gasteiger partial charge in [0.15, 0.2) is 0 Å². The Balaban J connectivity index is 2.44. The fourth-order valence-electron chi connectivity index (χ4n) is 1.70. The van der Waals surface area contributed by atoms with E-state index in [-0.39, 0.29) is 0 Å². The van der Waals surface area contributed by atoms with Crippen molar-refractivity contribution in [3.8, 4) is 5.75 Å². The minimum absolute atomic E-state index is 0.828. The van der Waals surface area contributed by atoms with Gasteiger partial charge in [-0.05, 0) is 36.5 Å². The second kappa shape index (κ2) is 3.59. The summed E-state index contributed by atoms with van der Waals surface area (Å²) in [6, 6.07) is 4.13. The number of rotatable bonds is 1. The first-order valence-corrected chi connectivity index (χ1v) is 5.13. The van der Waals surface area contributed by atoms with Crippen LogP contribution < -0.4 is 4.74 Å². The van der Waals surface area contributed by atoms with Crippen LogP contribution in [0.25, 0.3) is 0 Å². The summed E-state index contributed by atoms with van der Waals surface area (Å²) < 4.78 is 5.52. The standard InChI is InChI=1S/C11H13ClO/c1-2-8-6-9-4-3-5-13-11(9)7-10(8)12/h6-7H,2-5H2,1H3.